The van der Waals surface area contributed by atoms with E-state index in [0.717, 1.165) is 25.2 Å². The van der Waals surface area contributed by atoms with Crippen molar-refractivity contribution >= 4 is 5.69 Å². The van der Waals surface area contributed by atoms with E-state index < -0.39 is 0 Å². The summed E-state index contributed by atoms with van der Waals surface area (Å²) in [5, 5.41) is 3.38. The first-order valence-electron chi connectivity index (χ1n) is 5.51. The molecule has 1 fully saturated rings. The topological polar surface area (TPSA) is 15.3 Å². The SMILES string of the molecule is CN1c2c(F)cccc2C2CCNCC21. The molecule has 2 aliphatic heterocycles. The van der Waals surface area contributed by atoms with Gasteiger partial charge < -0.3 is 10.2 Å². The van der Waals surface area contributed by atoms with Gasteiger partial charge in [-0.1, -0.05) is 12.1 Å². The van der Waals surface area contributed by atoms with Crippen LogP contribution in [0, 0.1) is 5.82 Å². The molecule has 2 aliphatic rings. The Morgan fingerprint density at radius 3 is 3.20 bits per heavy atom. The van der Waals surface area contributed by atoms with E-state index in [9.17, 15) is 4.39 Å². The van der Waals surface area contributed by atoms with Crippen LogP contribution in [0.15, 0.2) is 18.2 Å². The predicted molar refractivity (Wildman–Crippen MR) is 58.8 cm³/mol. The van der Waals surface area contributed by atoms with E-state index in [0.29, 0.717) is 12.0 Å². The quantitative estimate of drug-likeness (QED) is 0.695. The number of nitrogens with one attached hydrogen (secondary N) is 1. The van der Waals surface area contributed by atoms with Crippen LogP contribution < -0.4 is 10.2 Å². The molecule has 3 rings (SSSR count). The second kappa shape index (κ2) is 3.20. The van der Waals surface area contributed by atoms with Crippen molar-refractivity contribution in [2.24, 2.45) is 0 Å². The number of para-hydroxylation sites is 1. The van der Waals surface area contributed by atoms with Gasteiger partial charge in [-0.25, -0.2) is 4.39 Å². The number of hydrogen-bond donors (Lipinski definition) is 1. The number of rotatable bonds is 0. The minimum Gasteiger partial charge on any atom is -0.367 e. The summed E-state index contributed by atoms with van der Waals surface area (Å²) in [7, 11) is 2.00. The summed E-state index contributed by atoms with van der Waals surface area (Å²) in [4.78, 5) is 2.10. The molecule has 2 nitrogen and oxygen atoms in total. The van der Waals surface area contributed by atoms with Gasteiger partial charge in [0.1, 0.15) is 5.82 Å². The number of fused-ring (bicyclic) bond motifs is 3. The standard InChI is InChI=1S/C12H15FN2/c1-15-11-7-14-6-5-8(11)9-3-2-4-10(13)12(9)15/h2-4,8,11,14H,5-7H2,1H3. The Bertz CT molecular complexity index is 391. The number of likely N-dealkylation sites (N-methyl/N-ethyl adjacent to an activating group) is 1. The second-order valence-corrected chi connectivity index (χ2v) is 4.46. The Morgan fingerprint density at radius 2 is 2.33 bits per heavy atom. The van der Waals surface area contributed by atoms with Crippen molar-refractivity contribution < 1.29 is 4.39 Å². The normalized spacial score (nSPS) is 28.8. The van der Waals surface area contributed by atoms with Crippen LogP contribution in [0.5, 0.6) is 0 Å². The van der Waals surface area contributed by atoms with Gasteiger partial charge in [0.05, 0.1) is 5.69 Å². The van der Waals surface area contributed by atoms with E-state index in [1.165, 1.54) is 5.56 Å². The van der Waals surface area contributed by atoms with Gasteiger partial charge in [0.15, 0.2) is 0 Å². The second-order valence-electron chi connectivity index (χ2n) is 4.46. The van der Waals surface area contributed by atoms with Crippen LogP contribution in [0.25, 0.3) is 0 Å². The molecule has 1 aromatic rings. The third kappa shape index (κ3) is 1.19. The van der Waals surface area contributed by atoms with Crippen molar-refractivity contribution in [1.82, 2.24) is 5.32 Å². The Kier molecular flexibility index (Phi) is 1.96. The maximum Gasteiger partial charge on any atom is 0.146 e. The molecule has 3 heteroatoms. The fourth-order valence-corrected chi connectivity index (χ4v) is 2.98. The van der Waals surface area contributed by atoms with Crippen LogP contribution >= 0.6 is 0 Å². The zero-order chi connectivity index (χ0) is 10.4. The van der Waals surface area contributed by atoms with E-state index in [-0.39, 0.29) is 5.82 Å². The molecule has 0 radical (unpaired) electrons. The Balaban J connectivity index is 2.11. The maximum absolute atomic E-state index is 13.7. The Labute approximate surface area is 89.1 Å². The predicted octanol–water partition coefficient (Wildman–Crippen LogP) is 1.72. The lowest BCUT2D eigenvalue weighted by Crippen LogP contribution is -2.44. The van der Waals surface area contributed by atoms with E-state index in [4.69, 9.17) is 0 Å². The van der Waals surface area contributed by atoms with Crippen molar-refractivity contribution in [3.63, 3.8) is 0 Å². The van der Waals surface area contributed by atoms with Crippen LogP contribution in [0.1, 0.15) is 17.9 Å². The van der Waals surface area contributed by atoms with Gasteiger partial charge in [-0.15, -0.1) is 0 Å². The summed E-state index contributed by atoms with van der Waals surface area (Å²) < 4.78 is 13.7. The molecule has 0 aliphatic carbocycles. The highest BCUT2D eigenvalue weighted by Gasteiger charge is 2.39. The first kappa shape index (κ1) is 9.16. The van der Waals surface area contributed by atoms with Gasteiger partial charge in [0.2, 0.25) is 0 Å². The number of piperidine rings is 1. The van der Waals surface area contributed by atoms with Gasteiger partial charge in [0.25, 0.3) is 0 Å². The van der Waals surface area contributed by atoms with Crippen molar-refractivity contribution in [2.75, 3.05) is 25.0 Å². The van der Waals surface area contributed by atoms with Gasteiger partial charge in [-0.3, -0.25) is 0 Å². The first-order valence-corrected chi connectivity index (χ1v) is 5.51. The number of halogens is 1. The highest BCUT2D eigenvalue weighted by atomic mass is 19.1. The summed E-state index contributed by atoms with van der Waals surface area (Å²) in [5.74, 6) is 0.436. The summed E-state index contributed by atoms with van der Waals surface area (Å²) in [5.41, 5.74) is 2.01. The highest BCUT2D eigenvalue weighted by Crippen LogP contribution is 2.43. The first-order chi connectivity index (χ1) is 7.29. The molecule has 2 unspecified atom stereocenters. The van der Waals surface area contributed by atoms with E-state index in [1.54, 1.807) is 6.07 Å². The molecule has 0 spiro atoms. The molecule has 0 amide bonds. The third-order valence-electron chi connectivity index (χ3n) is 3.72. The van der Waals surface area contributed by atoms with Crippen LogP contribution in [0.3, 0.4) is 0 Å². The fourth-order valence-electron chi connectivity index (χ4n) is 2.98. The molecular weight excluding hydrogens is 191 g/mol. The lowest BCUT2D eigenvalue weighted by molar-refractivity contribution is 0.413. The van der Waals surface area contributed by atoms with E-state index in [1.807, 2.05) is 13.1 Å². The largest absolute Gasteiger partial charge is 0.367 e. The van der Waals surface area contributed by atoms with Crippen LogP contribution in [-0.2, 0) is 0 Å². The average Bonchev–Trinajstić information content (AvgIpc) is 2.55. The summed E-state index contributed by atoms with van der Waals surface area (Å²) in [6.45, 7) is 2.01. The minimum absolute atomic E-state index is 0.0793. The van der Waals surface area contributed by atoms with Crippen molar-refractivity contribution in [3.05, 3.63) is 29.6 Å². The number of nitrogens with zero attached hydrogens (tertiary/aromatic N) is 1. The zero-order valence-corrected chi connectivity index (χ0v) is 8.83. The molecule has 2 heterocycles. The lowest BCUT2D eigenvalue weighted by atomic mass is 9.89. The zero-order valence-electron chi connectivity index (χ0n) is 8.83. The highest BCUT2D eigenvalue weighted by molar-refractivity contribution is 5.62. The molecule has 1 aromatic carbocycles. The molecule has 0 saturated carbocycles. The number of anilines is 1. The maximum atomic E-state index is 13.7. The summed E-state index contributed by atoms with van der Waals surface area (Å²) >= 11 is 0. The average molecular weight is 206 g/mol. The van der Waals surface area contributed by atoms with Gasteiger partial charge >= 0.3 is 0 Å². The van der Waals surface area contributed by atoms with Gasteiger partial charge in [-0.05, 0) is 24.6 Å². The van der Waals surface area contributed by atoms with Crippen LogP contribution in [0.4, 0.5) is 10.1 Å². The van der Waals surface area contributed by atoms with Crippen molar-refractivity contribution in [2.45, 2.75) is 18.4 Å². The molecule has 0 bridgehead atoms. The smallest absolute Gasteiger partial charge is 0.146 e. The van der Waals surface area contributed by atoms with Crippen molar-refractivity contribution in [1.29, 1.82) is 0 Å². The lowest BCUT2D eigenvalue weighted by Gasteiger charge is -2.31. The Morgan fingerprint density at radius 1 is 1.47 bits per heavy atom. The summed E-state index contributed by atoms with van der Waals surface area (Å²) in [6.07, 6.45) is 1.12. The Hall–Kier alpha value is -1.09. The third-order valence-corrected chi connectivity index (χ3v) is 3.72. The molecule has 80 valence electrons. The number of benzene rings is 1. The van der Waals surface area contributed by atoms with E-state index in [2.05, 4.69) is 16.3 Å². The van der Waals surface area contributed by atoms with Gasteiger partial charge in [0, 0.05) is 25.6 Å². The van der Waals surface area contributed by atoms with Crippen LogP contribution in [0.2, 0.25) is 0 Å². The molecule has 0 aromatic heterocycles. The minimum atomic E-state index is -0.0793. The molecule has 1 saturated heterocycles. The van der Waals surface area contributed by atoms with Crippen LogP contribution in [-0.4, -0.2) is 26.2 Å². The monoisotopic (exact) mass is 206 g/mol. The molecule has 1 N–H and O–H groups in total. The van der Waals surface area contributed by atoms with Crippen molar-refractivity contribution in [3.8, 4) is 0 Å². The van der Waals surface area contributed by atoms with Gasteiger partial charge in [-0.2, -0.15) is 0 Å². The molecule has 15 heavy (non-hydrogen) atoms. The summed E-state index contributed by atoms with van der Waals surface area (Å²) in [6, 6.07) is 5.89. The fraction of sp³-hybridized carbons (Fsp3) is 0.500. The molecule has 2 atom stereocenters. The number of hydrogen-bond acceptors (Lipinski definition) is 2. The molecular formula is C12H15FN2. The van der Waals surface area contributed by atoms with E-state index >= 15 is 0 Å².